The maximum Gasteiger partial charge on any atom is 0.136 e. The zero-order valence-electron chi connectivity index (χ0n) is 7.77. The van der Waals surface area contributed by atoms with Gasteiger partial charge >= 0.3 is 0 Å². The van der Waals surface area contributed by atoms with Crippen LogP contribution in [0.1, 0.15) is 18.6 Å². The van der Waals surface area contributed by atoms with Crippen LogP contribution in [0.2, 0.25) is 0 Å². The second-order valence-electron chi connectivity index (χ2n) is 3.03. The van der Waals surface area contributed by atoms with Gasteiger partial charge in [0.15, 0.2) is 0 Å². The van der Waals surface area contributed by atoms with Gasteiger partial charge in [-0.05, 0) is 18.6 Å². The molecule has 0 aliphatic rings. The molecular weight excluding hydrogens is 164 g/mol. The molecule has 68 valence electrons. The fourth-order valence-corrected chi connectivity index (χ4v) is 1.31. The highest BCUT2D eigenvalue weighted by atomic mass is 16.5. The second-order valence-corrected chi connectivity index (χ2v) is 3.03. The number of hydrogen-bond acceptors (Lipinski definition) is 2. The number of rotatable bonds is 2. The Morgan fingerprint density at radius 1 is 1.46 bits per heavy atom. The topological polar surface area (TPSA) is 26.5 Å². The summed E-state index contributed by atoms with van der Waals surface area (Å²) in [4.78, 5) is 4.17. The molecule has 0 N–H and O–H groups in total. The molecule has 3 nitrogen and oxygen atoms in total. The fourth-order valence-electron chi connectivity index (χ4n) is 1.31. The maximum atomic E-state index is 5.23. The molecule has 2 rings (SSSR count). The fraction of sp³-hybridized carbons (Fsp3) is 0.300. The van der Waals surface area contributed by atoms with Crippen molar-refractivity contribution in [3.8, 4) is 0 Å². The van der Waals surface area contributed by atoms with Gasteiger partial charge in [-0.2, -0.15) is 0 Å². The first kappa shape index (κ1) is 8.26. The Labute approximate surface area is 77.0 Å². The van der Waals surface area contributed by atoms with Gasteiger partial charge in [-0.1, -0.05) is 6.07 Å². The van der Waals surface area contributed by atoms with Crippen LogP contribution in [0.4, 0.5) is 0 Å². The van der Waals surface area contributed by atoms with Gasteiger partial charge in [-0.3, -0.25) is 0 Å². The zero-order chi connectivity index (χ0) is 9.26. The minimum atomic E-state index is 0.131. The van der Waals surface area contributed by atoms with Gasteiger partial charge < -0.3 is 9.14 Å². The number of hydrogen-bond donors (Lipinski definition) is 0. The molecule has 0 aliphatic heterocycles. The number of pyridine rings is 1. The van der Waals surface area contributed by atoms with Crippen LogP contribution in [-0.2, 0) is 4.74 Å². The van der Waals surface area contributed by atoms with Crippen molar-refractivity contribution in [3.05, 3.63) is 36.3 Å². The minimum absolute atomic E-state index is 0.131. The molecule has 0 spiro atoms. The van der Waals surface area contributed by atoms with E-state index in [1.165, 1.54) is 0 Å². The van der Waals surface area contributed by atoms with Gasteiger partial charge in [-0.15, -0.1) is 0 Å². The van der Waals surface area contributed by atoms with Crippen LogP contribution < -0.4 is 0 Å². The Bertz CT molecular complexity index is 408. The lowest BCUT2D eigenvalue weighted by atomic mass is 10.2. The third-order valence-electron chi connectivity index (χ3n) is 2.23. The summed E-state index contributed by atoms with van der Waals surface area (Å²) in [7, 11) is 1.71. The normalized spacial score (nSPS) is 13.4. The molecule has 0 saturated carbocycles. The highest BCUT2D eigenvalue weighted by molar-refractivity contribution is 5.39. The average Bonchev–Trinajstić information content (AvgIpc) is 2.63. The van der Waals surface area contributed by atoms with Crippen LogP contribution >= 0.6 is 0 Å². The van der Waals surface area contributed by atoms with Crippen LogP contribution in [0, 0.1) is 0 Å². The van der Waals surface area contributed by atoms with Crippen molar-refractivity contribution in [2.24, 2.45) is 0 Å². The summed E-state index contributed by atoms with van der Waals surface area (Å²) in [5.41, 5.74) is 2.13. The summed E-state index contributed by atoms with van der Waals surface area (Å²) in [5, 5.41) is 0. The predicted octanol–water partition coefficient (Wildman–Crippen LogP) is 2.04. The SMILES string of the molecule is COC(C)c1ccc2nccn2c1. The van der Waals surface area contributed by atoms with Crippen molar-refractivity contribution < 1.29 is 4.74 Å². The molecule has 2 aromatic heterocycles. The number of nitrogens with zero attached hydrogens (tertiary/aromatic N) is 2. The average molecular weight is 176 g/mol. The highest BCUT2D eigenvalue weighted by Gasteiger charge is 2.03. The number of imidazole rings is 1. The van der Waals surface area contributed by atoms with Gasteiger partial charge in [0.1, 0.15) is 5.65 Å². The molecule has 0 aliphatic carbocycles. The van der Waals surface area contributed by atoms with E-state index in [1.54, 1.807) is 13.3 Å². The van der Waals surface area contributed by atoms with Crippen molar-refractivity contribution >= 4 is 5.65 Å². The smallest absolute Gasteiger partial charge is 0.136 e. The summed E-state index contributed by atoms with van der Waals surface area (Å²) >= 11 is 0. The lowest BCUT2D eigenvalue weighted by molar-refractivity contribution is 0.119. The third-order valence-corrected chi connectivity index (χ3v) is 2.23. The molecule has 13 heavy (non-hydrogen) atoms. The quantitative estimate of drug-likeness (QED) is 0.700. The lowest BCUT2D eigenvalue weighted by Gasteiger charge is -2.09. The van der Waals surface area contributed by atoms with E-state index in [9.17, 15) is 0 Å². The van der Waals surface area contributed by atoms with Gasteiger partial charge in [0.2, 0.25) is 0 Å². The molecular formula is C10H12N2O. The van der Waals surface area contributed by atoms with Crippen LogP contribution in [0.5, 0.6) is 0 Å². The summed E-state index contributed by atoms with van der Waals surface area (Å²) in [6.07, 6.45) is 5.89. The van der Waals surface area contributed by atoms with Crippen LogP contribution in [0.15, 0.2) is 30.7 Å². The number of methoxy groups -OCH3 is 1. The van der Waals surface area contributed by atoms with E-state index in [4.69, 9.17) is 4.74 Å². The van der Waals surface area contributed by atoms with Gasteiger partial charge in [0, 0.05) is 25.7 Å². The zero-order valence-corrected chi connectivity index (χ0v) is 7.77. The molecule has 0 bridgehead atoms. The molecule has 2 heterocycles. The molecule has 2 aromatic rings. The summed E-state index contributed by atoms with van der Waals surface area (Å²) in [5.74, 6) is 0. The Hall–Kier alpha value is -1.35. The molecule has 0 saturated heterocycles. The van der Waals surface area contributed by atoms with Gasteiger partial charge in [0.05, 0.1) is 6.10 Å². The van der Waals surface area contributed by atoms with E-state index >= 15 is 0 Å². The molecule has 1 atom stereocenters. The minimum Gasteiger partial charge on any atom is -0.377 e. The van der Waals surface area contributed by atoms with Crippen LogP contribution in [0.3, 0.4) is 0 Å². The van der Waals surface area contributed by atoms with Crippen LogP contribution in [0.25, 0.3) is 5.65 Å². The first-order valence-corrected chi connectivity index (χ1v) is 4.26. The Morgan fingerprint density at radius 3 is 3.08 bits per heavy atom. The van der Waals surface area contributed by atoms with E-state index < -0.39 is 0 Å². The largest absolute Gasteiger partial charge is 0.377 e. The Kier molecular flexibility index (Phi) is 2.02. The van der Waals surface area contributed by atoms with E-state index in [-0.39, 0.29) is 6.10 Å². The summed E-state index contributed by atoms with van der Waals surface area (Å²) in [6.45, 7) is 2.03. The van der Waals surface area contributed by atoms with Crippen molar-refractivity contribution in [3.63, 3.8) is 0 Å². The number of aromatic nitrogens is 2. The lowest BCUT2D eigenvalue weighted by Crippen LogP contribution is -1.97. The summed E-state index contributed by atoms with van der Waals surface area (Å²) in [6, 6.07) is 4.03. The van der Waals surface area contributed by atoms with Crippen molar-refractivity contribution in [1.82, 2.24) is 9.38 Å². The molecule has 0 aromatic carbocycles. The highest BCUT2D eigenvalue weighted by Crippen LogP contribution is 2.15. The van der Waals surface area contributed by atoms with E-state index in [0.29, 0.717) is 0 Å². The number of fused-ring (bicyclic) bond motifs is 1. The van der Waals surface area contributed by atoms with Gasteiger partial charge in [-0.25, -0.2) is 4.98 Å². The first-order valence-electron chi connectivity index (χ1n) is 4.26. The van der Waals surface area contributed by atoms with E-state index in [0.717, 1.165) is 11.2 Å². The predicted molar refractivity (Wildman–Crippen MR) is 50.6 cm³/mol. The molecule has 0 fully saturated rings. The molecule has 3 heteroatoms. The number of ether oxygens (including phenoxy) is 1. The second kappa shape index (κ2) is 3.18. The van der Waals surface area contributed by atoms with Gasteiger partial charge in [0.25, 0.3) is 0 Å². The molecule has 0 amide bonds. The van der Waals surface area contributed by atoms with Crippen LogP contribution in [-0.4, -0.2) is 16.5 Å². The monoisotopic (exact) mass is 176 g/mol. The molecule has 1 unspecified atom stereocenters. The maximum absolute atomic E-state index is 5.23. The van der Waals surface area contributed by atoms with Crippen molar-refractivity contribution in [1.29, 1.82) is 0 Å². The summed E-state index contributed by atoms with van der Waals surface area (Å²) < 4.78 is 7.22. The molecule has 0 radical (unpaired) electrons. The van der Waals surface area contributed by atoms with E-state index in [2.05, 4.69) is 4.98 Å². The Morgan fingerprint density at radius 2 is 2.31 bits per heavy atom. The van der Waals surface area contributed by atoms with E-state index in [1.807, 2.05) is 35.9 Å². The van der Waals surface area contributed by atoms with Crippen molar-refractivity contribution in [2.75, 3.05) is 7.11 Å². The standard InChI is InChI=1S/C10H12N2O/c1-8(13-2)9-3-4-10-11-5-6-12(10)7-9/h3-8H,1-2H3. The van der Waals surface area contributed by atoms with Crippen molar-refractivity contribution in [2.45, 2.75) is 13.0 Å². The first-order chi connectivity index (χ1) is 6.31. The third kappa shape index (κ3) is 1.42. The Balaban J connectivity index is 2.48.